The van der Waals surface area contributed by atoms with Crippen molar-refractivity contribution >= 4 is 11.8 Å². The van der Waals surface area contributed by atoms with Gasteiger partial charge in [-0.2, -0.15) is 0 Å². The van der Waals surface area contributed by atoms with Gasteiger partial charge < -0.3 is 15.1 Å². The second-order valence-electron chi connectivity index (χ2n) is 8.08. The van der Waals surface area contributed by atoms with Crippen molar-refractivity contribution in [3.8, 4) is 0 Å². The first-order chi connectivity index (χ1) is 12.5. The first-order valence-corrected chi connectivity index (χ1v) is 9.56. The van der Waals surface area contributed by atoms with Gasteiger partial charge in [-0.1, -0.05) is 18.2 Å². The molecule has 0 radical (unpaired) electrons. The van der Waals surface area contributed by atoms with Crippen molar-refractivity contribution in [3.05, 3.63) is 35.4 Å². The van der Waals surface area contributed by atoms with Crippen molar-refractivity contribution in [2.45, 2.75) is 30.8 Å². The second kappa shape index (κ2) is 6.67. The van der Waals surface area contributed by atoms with Gasteiger partial charge in [-0.15, -0.1) is 0 Å². The molecular weight excluding hydrogens is 328 g/mol. The number of likely N-dealkylation sites (N-methyl/N-ethyl adjacent to an activating group) is 1. The van der Waals surface area contributed by atoms with Crippen LogP contribution in [-0.2, 0) is 4.79 Å². The molecule has 3 heterocycles. The molecule has 1 aromatic rings. The molecule has 2 saturated heterocycles. The monoisotopic (exact) mass is 356 g/mol. The minimum atomic E-state index is -0.195. The van der Waals surface area contributed by atoms with Crippen LogP contribution in [0.25, 0.3) is 0 Å². The highest BCUT2D eigenvalue weighted by molar-refractivity contribution is 5.99. The summed E-state index contributed by atoms with van der Waals surface area (Å²) < 4.78 is 0. The van der Waals surface area contributed by atoms with Crippen LogP contribution in [0.5, 0.6) is 0 Å². The average molecular weight is 356 g/mol. The van der Waals surface area contributed by atoms with E-state index in [0.717, 1.165) is 51.1 Å². The van der Waals surface area contributed by atoms with Crippen LogP contribution in [0, 0.1) is 0 Å². The van der Waals surface area contributed by atoms with Crippen molar-refractivity contribution in [1.82, 2.24) is 20.0 Å². The normalized spacial score (nSPS) is 26.0. The van der Waals surface area contributed by atoms with E-state index in [1.54, 1.807) is 0 Å². The summed E-state index contributed by atoms with van der Waals surface area (Å²) in [6.45, 7) is 4.66. The standard InChI is InChI=1S/C20H28N4O2/c1-22-9-7-20(8-10-22)14-24(12-11-23(20)2)18(25)13-17-15-5-3-4-6-16(15)19(26)21-17/h3-6,17H,7-14H2,1-2H3,(H,21,26)/t17-/m1/s1. The SMILES string of the molecule is CN1CCC2(CC1)CN(C(=O)C[C@H]1NC(=O)c3ccccc31)CCN2C. The number of hydrogen-bond acceptors (Lipinski definition) is 4. The molecule has 1 atom stereocenters. The van der Waals surface area contributed by atoms with Crippen LogP contribution in [0.3, 0.4) is 0 Å². The minimum absolute atomic E-state index is 0.0661. The molecule has 3 aliphatic heterocycles. The first-order valence-electron chi connectivity index (χ1n) is 9.56. The average Bonchev–Trinajstić information content (AvgIpc) is 2.96. The number of likely N-dealkylation sites (tertiary alicyclic amines) is 1. The van der Waals surface area contributed by atoms with Gasteiger partial charge in [-0.05, 0) is 51.7 Å². The van der Waals surface area contributed by atoms with Crippen LogP contribution < -0.4 is 5.32 Å². The Morgan fingerprint density at radius 3 is 2.65 bits per heavy atom. The number of benzene rings is 1. The molecule has 0 saturated carbocycles. The van der Waals surface area contributed by atoms with Crippen molar-refractivity contribution < 1.29 is 9.59 Å². The molecule has 0 aromatic heterocycles. The fraction of sp³-hybridized carbons (Fsp3) is 0.600. The predicted octanol–water partition coefficient (Wildman–Crippen LogP) is 1.10. The van der Waals surface area contributed by atoms with E-state index in [1.807, 2.05) is 29.2 Å². The molecule has 0 aliphatic carbocycles. The van der Waals surface area contributed by atoms with Gasteiger partial charge in [0.2, 0.25) is 5.91 Å². The van der Waals surface area contributed by atoms with Crippen molar-refractivity contribution in [2.75, 3.05) is 46.8 Å². The maximum Gasteiger partial charge on any atom is 0.252 e. The predicted molar refractivity (Wildman–Crippen MR) is 99.9 cm³/mol. The fourth-order valence-corrected chi connectivity index (χ4v) is 4.64. The lowest BCUT2D eigenvalue weighted by Gasteiger charge is -2.52. The summed E-state index contributed by atoms with van der Waals surface area (Å²) in [5, 5.41) is 2.97. The Labute approximate surface area is 155 Å². The third-order valence-electron chi connectivity index (χ3n) is 6.54. The van der Waals surface area contributed by atoms with Gasteiger partial charge in [0.1, 0.15) is 0 Å². The zero-order valence-electron chi connectivity index (χ0n) is 15.7. The molecule has 26 heavy (non-hydrogen) atoms. The van der Waals surface area contributed by atoms with E-state index in [4.69, 9.17) is 0 Å². The van der Waals surface area contributed by atoms with E-state index in [1.165, 1.54) is 0 Å². The van der Waals surface area contributed by atoms with E-state index in [2.05, 4.69) is 29.2 Å². The zero-order valence-corrected chi connectivity index (χ0v) is 15.7. The molecule has 0 unspecified atom stereocenters. The van der Waals surface area contributed by atoms with E-state index in [9.17, 15) is 9.59 Å². The number of rotatable bonds is 2. The first kappa shape index (κ1) is 17.5. The number of piperazine rings is 1. The third kappa shape index (κ3) is 3.01. The summed E-state index contributed by atoms with van der Waals surface area (Å²) in [6.07, 6.45) is 2.56. The molecule has 1 spiro atoms. The molecular formula is C20H28N4O2. The summed E-state index contributed by atoms with van der Waals surface area (Å²) in [5.74, 6) is 0.0852. The molecule has 1 N–H and O–H groups in total. The molecule has 6 nitrogen and oxygen atoms in total. The van der Waals surface area contributed by atoms with Gasteiger partial charge in [-0.3, -0.25) is 14.5 Å². The molecule has 1 aromatic carbocycles. The van der Waals surface area contributed by atoms with Gasteiger partial charge >= 0.3 is 0 Å². The summed E-state index contributed by atoms with van der Waals surface area (Å²) >= 11 is 0. The molecule has 3 aliphatic rings. The van der Waals surface area contributed by atoms with Crippen molar-refractivity contribution in [2.24, 2.45) is 0 Å². The molecule has 4 rings (SSSR count). The molecule has 0 bridgehead atoms. The maximum atomic E-state index is 13.0. The summed E-state index contributed by atoms with van der Waals surface area (Å²) in [7, 11) is 4.36. The van der Waals surface area contributed by atoms with Crippen LogP contribution in [0.2, 0.25) is 0 Å². The highest BCUT2D eigenvalue weighted by Crippen LogP contribution is 2.33. The maximum absolute atomic E-state index is 13.0. The van der Waals surface area contributed by atoms with Crippen LogP contribution >= 0.6 is 0 Å². The Balaban J connectivity index is 1.45. The number of carbonyl (C=O) groups excluding carboxylic acids is 2. The van der Waals surface area contributed by atoms with E-state index in [-0.39, 0.29) is 23.4 Å². The van der Waals surface area contributed by atoms with E-state index >= 15 is 0 Å². The van der Waals surface area contributed by atoms with Crippen LogP contribution in [0.15, 0.2) is 24.3 Å². The van der Waals surface area contributed by atoms with Crippen LogP contribution in [0.4, 0.5) is 0 Å². The lowest BCUT2D eigenvalue weighted by atomic mass is 9.83. The van der Waals surface area contributed by atoms with Crippen LogP contribution in [-0.4, -0.2) is 78.9 Å². The molecule has 6 heteroatoms. The highest BCUT2D eigenvalue weighted by Gasteiger charge is 2.43. The molecule has 2 fully saturated rings. The zero-order chi connectivity index (χ0) is 18.3. The lowest BCUT2D eigenvalue weighted by Crippen LogP contribution is -2.65. The van der Waals surface area contributed by atoms with Gasteiger partial charge in [0.15, 0.2) is 0 Å². The van der Waals surface area contributed by atoms with Gasteiger partial charge in [0.05, 0.1) is 12.5 Å². The van der Waals surface area contributed by atoms with Crippen molar-refractivity contribution in [3.63, 3.8) is 0 Å². The van der Waals surface area contributed by atoms with Gasteiger partial charge in [0, 0.05) is 30.7 Å². The fourth-order valence-electron chi connectivity index (χ4n) is 4.64. The Kier molecular flexibility index (Phi) is 4.49. The van der Waals surface area contributed by atoms with E-state index < -0.39 is 0 Å². The smallest absolute Gasteiger partial charge is 0.252 e. The molecule has 2 amide bonds. The van der Waals surface area contributed by atoms with Crippen molar-refractivity contribution in [1.29, 1.82) is 0 Å². The lowest BCUT2D eigenvalue weighted by molar-refractivity contribution is -0.138. The summed E-state index contributed by atoms with van der Waals surface area (Å²) in [6, 6.07) is 7.39. The summed E-state index contributed by atoms with van der Waals surface area (Å²) in [4.78, 5) is 32.0. The number of amides is 2. The van der Waals surface area contributed by atoms with Gasteiger partial charge in [-0.25, -0.2) is 0 Å². The topological polar surface area (TPSA) is 55.9 Å². The summed E-state index contributed by atoms with van der Waals surface area (Å²) in [5.41, 5.74) is 1.77. The number of hydrogen-bond donors (Lipinski definition) is 1. The highest BCUT2D eigenvalue weighted by atomic mass is 16.2. The number of carbonyl (C=O) groups is 2. The number of nitrogens with one attached hydrogen (secondary N) is 1. The number of nitrogens with zero attached hydrogens (tertiary/aromatic N) is 3. The molecule has 140 valence electrons. The Morgan fingerprint density at radius 2 is 1.88 bits per heavy atom. The largest absolute Gasteiger partial charge is 0.345 e. The third-order valence-corrected chi connectivity index (χ3v) is 6.54. The van der Waals surface area contributed by atoms with Gasteiger partial charge in [0.25, 0.3) is 5.91 Å². The Bertz CT molecular complexity index is 712. The quantitative estimate of drug-likeness (QED) is 0.862. The minimum Gasteiger partial charge on any atom is -0.345 e. The van der Waals surface area contributed by atoms with E-state index in [0.29, 0.717) is 12.0 Å². The number of fused-ring (bicyclic) bond motifs is 1. The Morgan fingerprint density at radius 1 is 1.15 bits per heavy atom. The van der Waals surface area contributed by atoms with Crippen LogP contribution in [0.1, 0.15) is 41.2 Å². The number of piperidine rings is 1. The second-order valence-corrected chi connectivity index (χ2v) is 8.08. The Hall–Kier alpha value is -1.92.